The molecule has 2 saturated heterocycles. The SMILES string of the molecule is CC1OC(c2ccccc2)=N[C@]12[C@@H]1[C@@H](N1S(=O)(=O)c1ccc([N+](=O)[O-])cc1)[C@]1(COC(C)(C)O1)[C@]2(C)O. The van der Waals surface area contributed by atoms with E-state index in [4.69, 9.17) is 19.2 Å². The van der Waals surface area contributed by atoms with Crippen LogP contribution in [0.4, 0.5) is 5.69 Å². The third-order valence-electron chi connectivity index (χ3n) is 8.19. The third-order valence-corrected chi connectivity index (χ3v) is 10.1. The summed E-state index contributed by atoms with van der Waals surface area (Å²) in [5.41, 5.74) is -4.01. The molecule has 3 aliphatic heterocycles. The number of piperidine rings is 1. The molecule has 2 aromatic rings. The Balaban J connectivity index is 1.50. The van der Waals surface area contributed by atoms with Gasteiger partial charge in [0.05, 0.1) is 28.5 Å². The zero-order valence-corrected chi connectivity index (χ0v) is 21.5. The summed E-state index contributed by atoms with van der Waals surface area (Å²) in [4.78, 5) is 15.3. The van der Waals surface area contributed by atoms with Gasteiger partial charge in [0, 0.05) is 17.7 Å². The van der Waals surface area contributed by atoms with Crippen molar-refractivity contribution in [2.24, 2.45) is 4.99 Å². The molecule has 1 aliphatic carbocycles. The Morgan fingerprint density at radius 1 is 1.08 bits per heavy atom. The Morgan fingerprint density at radius 2 is 1.73 bits per heavy atom. The molecule has 0 radical (unpaired) electrons. The average molecular weight is 530 g/mol. The molecule has 4 aliphatic rings. The van der Waals surface area contributed by atoms with Gasteiger partial charge in [-0.2, -0.15) is 4.31 Å². The number of non-ortho nitro benzene ring substituents is 1. The molecular weight excluding hydrogens is 502 g/mol. The van der Waals surface area contributed by atoms with Gasteiger partial charge in [0.2, 0.25) is 15.9 Å². The van der Waals surface area contributed by atoms with Crippen molar-refractivity contribution in [3.63, 3.8) is 0 Å². The van der Waals surface area contributed by atoms with E-state index in [-0.39, 0.29) is 17.2 Å². The molecule has 1 N–H and O–H groups in total. The van der Waals surface area contributed by atoms with Crippen molar-refractivity contribution in [1.29, 1.82) is 0 Å². The second-order valence-corrected chi connectivity index (χ2v) is 12.4. The van der Waals surface area contributed by atoms with Gasteiger partial charge in [-0.3, -0.25) is 10.1 Å². The van der Waals surface area contributed by atoms with Crippen molar-refractivity contribution in [3.05, 3.63) is 70.3 Å². The van der Waals surface area contributed by atoms with Gasteiger partial charge >= 0.3 is 0 Å². The molecule has 11 nitrogen and oxygen atoms in total. The fourth-order valence-electron chi connectivity index (χ4n) is 6.41. The lowest BCUT2D eigenvalue weighted by atomic mass is 9.73. The van der Waals surface area contributed by atoms with Crippen molar-refractivity contribution < 1.29 is 32.7 Å². The molecule has 3 fully saturated rings. The number of benzene rings is 2. The van der Waals surface area contributed by atoms with Crippen molar-refractivity contribution in [2.45, 2.75) is 73.3 Å². The minimum absolute atomic E-state index is 0.0505. The van der Waals surface area contributed by atoms with Crippen molar-refractivity contribution >= 4 is 21.6 Å². The van der Waals surface area contributed by atoms with E-state index in [0.29, 0.717) is 11.5 Å². The highest BCUT2D eigenvalue weighted by Crippen LogP contribution is 2.68. The lowest BCUT2D eigenvalue weighted by Gasteiger charge is -2.47. The minimum Gasteiger partial charge on any atom is -0.472 e. The number of ether oxygens (including phenoxy) is 3. The Morgan fingerprint density at radius 3 is 2.30 bits per heavy atom. The van der Waals surface area contributed by atoms with Crippen LogP contribution in [0.15, 0.2) is 64.5 Å². The van der Waals surface area contributed by atoms with Gasteiger partial charge in [0.1, 0.15) is 17.3 Å². The second kappa shape index (κ2) is 7.35. The molecule has 0 aromatic heterocycles. The highest BCUT2D eigenvalue weighted by atomic mass is 32.2. The van der Waals surface area contributed by atoms with Gasteiger partial charge in [0.15, 0.2) is 11.3 Å². The largest absolute Gasteiger partial charge is 0.472 e. The summed E-state index contributed by atoms with van der Waals surface area (Å²) in [5.74, 6) is -0.762. The first-order valence-electron chi connectivity index (χ1n) is 11.9. The number of hydrogen-bond donors (Lipinski definition) is 1. The Labute approximate surface area is 213 Å². The zero-order chi connectivity index (χ0) is 26.6. The summed E-state index contributed by atoms with van der Waals surface area (Å²) in [6.07, 6.45) is -0.700. The monoisotopic (exact) mass is 529 g/mol. The van der Waals surface area contributed by atoms with E-state index in [2.05, 4.69) is 0 Å². The summed E-state index contributed by atoms with van der Waals surface area (Å²) in [6.45, 7) is 6.74. The molecule has 12 heteroatoms. The molecule has 1 saturated carbocycles. The number of fused-ring (bicyclic) bond motifs is 3. The molecule has 2 aromatic carbocycles. The lowest BCUT2D eigenvalue weighted by Crippen LogP contribution is -2.69. The van der Waals surface area contributed by atoms with E-state index >= 15 is 0 Å². The highest BCUT2D eigenvalue weighted by molar-refractivity contribution is 7.89. The first-order valence-corrected chi connectivity index (χ1v) is 13.4. The van der Waals surface area contributed by atoms with Crippen LogP contribution in [-0.4, -0.2) is 76.0 Å². The van der Waals surface area contributed by atoms with E-state index in [1.807, 2.05) is 30.3 Å². The number of rotatable bonds is 4. The van der Waals surface area contributed by atoms with Crippen molar-refractivity contribution in [2.75, 3.05) is 6.61 Å². The van der Waals surface area contributed by atoms with Crippen LogP contribution in [0.25, 0.3) is 0 Å². The predicted octanol–water partition coefficient (Wildman–Crippen LogP) is 2.23. The summed E-state index contributed by atoms with van der Waals surface area (Å²) >= 11 is 0. The van der Waals surface area contributed by atoms with E-state index in [9.17, 15) is 23.6 Å². The number of nitro groups is 1. The van der Waals surface area contributed by atoms with Crippen LogP contribution in [0, 0.1) is 10.1 Å². The van der Waals surface area contributed by atoms with Gasteiger partial charge < -0.3 is 19.3 Å². The number of nitrogens with zero attached hydrogens (tertiary/aromatic N) is 3. The van der Waals surface area contributed by atoms with Gasteiger partial charge in [-0.1, -0.05) is 18.2 Å². The topological polar surface area (TPSA) is 141 Å². The number of hydrogen-bond acceptors (Lipinski definition) is 9. The number of sulfonamides is 1. The molecule has 2 unspecified atom stereocenters. The van der Waals surface area contributed by atoms with E-state index < -0.39 is 55.7 Å². The molecule has 0 amide bonds. The number of nitro benzene ring substituents is 1. The van der Waals surface area contributed by atoms with Gasteiger partial charge in [-0.15, -0.1) is 0 Å². The highest BCUT2D eigenvalue weighted by Gasteiger charge is 2.91. The minimum atomic E-state index is -4.15. The fourth-order valence-corrected chi connectivity index (χ4v) is 8.24. The molecule has 2 spiro atoms. The first-order chi connectivity index (χ1) is 17.3. The Bertz CT molecular complexity index is 1430. The Hall–Kier alpha value is -2.90. The lowest BCUT2D eigenvalue weighted by molar-refractivity contribution is -0.384. The Kier molecular flexibility index (Phi) is 4.86. The quantitative estimate of drug-likeness (QED) is 0.361. The summed E-state index contributed by atoms with van der Waals surface area (Å²) in [6, 6.07) is 12.3. The van der Waals surface area contributed by atoms with Gasteiger partial charge in [0.25, 0.3) is 5.69 Å². The maximum Gasteiger partial charge on any atom is 0.269 e. The third kappa shape index (κ3) is 3.01. The van der Waals surface area contributed by atoms with Gasteiger partial charge in [-0.25, -0.2) is 13.4 Å². The zero-order valence-electron chi connectivity index (χ0n) is 20.7. The summed E-state index contributed by atoms with van der Waals surface area (Å²) in [5, 5.41) is 23.3. The normalized spacial score (nSPS) is 39.4. The maximum absolute atomic E-state index is 13.9. The van der Waals surface area contributed by atoms with Crippen LogP contribution in [0.3, 0.4) is 0 Å². The first kappa shape index (κ1) is 24.4. The second-order valence-electron chi connectivity index (χ2n) is 10.6. The van der Waals surface area contributed by atoms with E-state index in [1.54, 1.807) is 27.7 Å². The van der Waals surface area contributed by atoms with Crippen LogP contribution in [0.1, 0.15) is 33.3 Å². The predicted molar refractivity (Wildman–Crippen MR) is 130 cm³/mol. The summed E-state index contributed by atoms with van der Waals surface area (Å²) < 4.78 is 47.5. The van der Waals surface area contributed by atoms with Crippen LogP contribution < -0.4 is 0 Å². The average Bonchev–Trinajstić information content (AvgIpc) is 3.34. The molecule has 0 bridgehead atoms. The fraction of sp³-hybridized carbons (Fsp3) is 0.480. The van der Waals surface area contributed by atoms with Crippen molar-refractivity contribution in [1.82, 2.24) is 4.31 Å². The molecule has 6 rings (SSSR count). The standard InChI is InChI=1S/C25H27N3O8S/c1-15-25(26-21(35-15)16-8-6-5-7-9-16)20-19(24(23(25,4)29)14-34-22(2,3)36-24)27(20)37(32,33)18-12-10-17(11-13-18)28(30)31/h5-13,15,19-20,29H,14H2,1-4H3/t15?,19-,20+,23+,24-,25+,27?/m1/s1. The van der Waals surface area contributed by atoms with Crippen LogP contribution in [-0.2, 0) is 24.2 Å². The molecular formula is C25H27N3O8S. The summed E-state index contributed by atoms with van der Waals surface area (Å²) in [7, 11) is -4.15. The van der Waals surface area contributed by atoms with Crippen molar-refractivity contribution in [3.8, 4) is 0 Å². The number of aliphatic imine (C=N–C) groups is 1. The molecule has 37 heavy (non-hydrogen) atoms. The van der Waals surface area contributed by atoms with Crippen LogP contribution in [0.5, 0.6) is 0 Å². The molecule has 7 atom stereocenters. The van der Waals surface area contributed by atoms with E-state index in [1.165, 1.54) is 16.4 Å². The maximum atomic E-state index is 13.9. The van der Waals surface area contributed by atoms with Crippen LogP contribution in [0.2, 0.25) is 0 Å². The van der Waals surface area contributed by atoms with Crippen LogP contribution >= 0.6 is 0 Å². The van der Waals surface area contributed by atoms with E-state index in [0.717, 1.165) is 12.1 Å². The number of aliphatic hydroxyl groups is 1. The van der Waals surface area contributed by atoms with Gasteiger partial charge in [-0.05, 0) is 52.0 Å². The smallest absolute Gasteiger partial charge is 0.269 e. The molecule has 196 valence electrons. The molecule has 3 heterocycles.